The van der Waals surface area contributed by atoms with Gasteiger partial charge in [-0.2, -0.15) is 0 Å². The summed E-state index contributed by atoms with van der Waals surface area (Å²) in [7, 11) is 0. The molecule has 0 radical (unpaired) electrons. The van der Waals surface area contributed by atoms with Crippen LogP contribution in [0, 0.1) is 25.6 Å². The fourth-order valence-corrected chi connectivity index (χ4v) is 4.00. The number of Topliss-reactive ketones (excluding diaryl/α,β-unsaturated/α-hetero) is 1. The minimum absolute atomic E-state index is 0.0769. The van der Waals surface area contributed by atoms with Gasteiger partial charge in [-0.1, -0.05) is 17.3 Å². The van der Waals surface area contributed by atoms with Crippen molar-refractivity contribution in [1.82, 2.24) is 10.1 Å². The fraction of sp³-hybridized carbons (Fsp3) is 0.524. The van der Waals surface area contributed by atoms with Gasteiger partial charge in [0.2, 0.25) is 0 Å². The first-order valence-corrected chi connectivity index (χ1v) is 9.31. The largest absolute Gasteiger partial charge is 0.361 e. The molecule has 1 fully saturated rings. The number of ketones is 1. The molecule has 1 aliphatic heterocycles. The normalized spacial score (nSPS) is 20.8. The highest BCUT2D eigenvalue weighted by Gasteiger charge is 2.37. The van der Waals surface area contributed by atoms with Crippen LogP contribution in [0.15, 0.2) is 28.8 Å². The zero-order valence-corrected chi connectivity index (χ0v) is 16.0. The topological polar surface area (TPSA) is 46.3 Å². The minimum Gasteiger partial charge on any atom is -0.361 e. The van der Waals surface area contributed by atoms with Crippen LogP contribution in [0.2, 0.25) is 0 Å². The molecule has 4 nitrogen and oxygen atoms in total. The first-order valence-electron chi connectivity index (χ1n) is 9.31. The Morgan fingerprint density at radius 3 is 2.73 bits per heavy atom. The van der Waals surface area contributed by atoms with Gasteiger partial charge in [-0.3, -0.25) is 9.69 Å². The van der Waals surface area contributed by atoms with Gasteiger partial charge in [-0.15, -0.1) is 0 Å². The third-order valence-electron chi connectivity index (χ3n) is 5.31. The Labute approximate surface area is 154 Å². The molecule has 0 amide bonds. The van der Waals surface area contributed by atoms with Gasteiger partial charge < -0.3 is 4.52 Å². The number of hydrogen-bond acceptors (Lipinski definition) is 4. The van der Waals surface area contributed by atoms with Gasteiger partial charge in [-0.05, 0) is 63.8 Å². The summed E-state index contributed by atoms with van der Waals surface area (Å²) < 4.78 is 19.2. The minimum atomic E-state index is -0.179. The molecule has 0 N–H and O–H groups in total. The monoisotopic (exact) mass is 358 g/mol. The Balaban J connectivity index is 1.78. The molecular weight excluding hydrogens is 331 g/mol. The molecule has 0 bridgehead atoms. The van der Waals surface area contributed by atoms with Gasteiger partial charge in [0, 0.05) is 24.6 Å². The average molecular weight is 358 g/mol. The van der Waals surface area contributed by atoms with Crippen molar-refractivity contribution in [2.24, 2.45) is 5.92 Å². The van der Waals surface area contributed by atoms with Gasteiger partial charge in [0.15, 0.2) is 0 Å². The van der Waals surface area contributed by atoms with Crippen molar-refractivity contribution in [2.45, 2.75) is 59.0 Å². The molecule has 0 aliphatic carbocycles. The summed E-state index contributed by atoms with van der Waals surface area (Å²) in [6.45, 7) is 8.83. The van der Waals surface area contributed by atoms with E-state index in [-0.39, 0.29) is 23.6 Å². The SMILES string of the molecule is Cc1cc(CC(=O)CC2CCN(C(C)C)C2c2ccc(C)c(F)c2)no1. The summed E-state index contributed by atoms with van der Waals surface area (Å²) in [5, 5.41) is 3.92. The molecule has 26 heavy (non-hydrogen) atoms. The summed E-state index contributed by atoms with van der Waals surface area (Å²) in [5.74, 6) is 0.889. The van der Waals surface area contributed by atoms with E-state index in [0.717, 1.165) is 18.5 Å². The maximum Gasteiger partial charge on any atom is 0.139 e. The van der Waals surface area contributed by atoms with Crippen molar-refractivity contribution in [3.63, 3.8) is 0 Å². The first-order chi connectivity index (χ1) is 12.3. The van der Waals surface area contributed by atoms with E-state index in [1.165, 1.54) is 0 Å². The van der Waals surface area contributed by atoms with E-state index in [0.29, 0.717) is 35.9 Å². The molecular formula is C21H27FN2O2. The van der Waals surface area contributed by atoms with Crippen molar-refractivity contribution < 1.29 is 13.7 Å². The maximum atomic E-state index is 14.1. The highest BCUT2D eigenvalue weighted by atomic mass is 19.1. The number of likely N-dealkylation sites (tertiary alicyclic amines) is 1. The standard InChI is InChI=1S/C21H27FN2O2/c1-13(2)24-8-7-17(10-19(25)12-18-9-15(4)26-23-18)21(24)16-6-5-14(3)20(22)11-16/h5-6,9,11,13,17,21H,7-8,10,12H2,1-4H3. The summed E-state index contributed by atoms with van der Waals surface area (Å²) in [6.07, 6.45) is 1.72. The predicted molar refractivity (Wildman–Crippen MR) is 98.4 cm³/mol. The predicted octanol–water partition coefficient (Wildman–Crippen LogP) is 4.40. The fourth-order valence-electron chi connectivity index (χ4n) is 4.00. The lowest BCUT2D eigenvalue weighted by atomic mass is 9.88. The molecule has 1 aromatic carbocycles. The van der Waals surface area contributed by atoms with Gasteiger partial charge >= 0.3 is 0 Å². The van der Waals surface area contributed by atoms with Crippen LogP contribution in [0.3, 0.4) is 0 Å². The number of aryl methyl sites for hydroxylation is 2. The van der Waals surface area contributed by atoms with Gasteiger partial charge in [0.1, 0.15) is 17.4 Å². The summed E-state index contributed by atoms with van der Waals surface area (Å²) >= 11 is 0. The zero-order chi connectivity index (χ0) is 18.8. The third kappa shape index (κ3) is 4.04. The second kappa shape index (κ2) is 7.70. The Morgan fingerprint density at radius 1 is 1.35 bits per heavy atom. The molecule has 2 atom stereocenters. The van der Waals surface area contributed by atoms with Crippen LogP contribution < -0.4 is 0 Å². The highest BCUT2D eigenvalue weighted by molar-refractivity contribution is 5.80. The smallest absolute Gasteiger partial charge is 0.139 e. The summed E-state index contributed by atoms with van der Waals surface area (Å²) in [6, 6.07) is 7.70. The number of aromatic nitrogens is 1. The van der Waals surface area contributed by atoms with Crippen LogP contribution in [0.1, 0.15) is 55.3 Å². The van der Waals surface area contributed by atoms with E-state index in [2.05, 4.69) is 23.9 Å². The van der Waals surface area contributed by atoms with Crippen molar-refractivity contribution >= 4 is 5.78 Å². The number of carbonyl (C=O) groups is 1. The summed E-state index contributed by atoms with van der Waals surface area (Å²) in [5.41, 5.74) is 2.30. The molecule has 2 aromatic rings. The second-order valence-electron chi connectivity index (χ2n) is 7.68. The number of benzene rings is 1. The molecule has 2 unspecified atom stereocenters. The number of hydrogen-bond donors (Lipinski definition) is 0. The van der Waals surface area contributed by atoms with E-state index >= 15 is 0 Å². The van der Waals surface area contributed by atoms with Crippen molar-refractivity contribution in [3.8, 4) is 0 Å². The van der Waals surface area contributed by atoms with E-state index in [1.54, 1.807) is 19.1 Å². The van der Waals surface area contributed by atoms with Gasteiger partial charge in [0.05, 0.1) is 12.1 Å². The quantitative estimate of drug-likeness (QED) is 0.768. The maximum absolute atomic E-state index is 14.1. The molecule has 3 rings (SSSR count). The van der Waals surface area contributed by atoms with Crippen LogP contribution in [0.4, 0.5) is 4.39 Å². The molecule has 1 aliphatic rings. The second-order valence-corrected chi connectivity index (χ2v) is 7.68. The van der Waals surface area contributed by atoms with Crippen molar-refractivity contribution in [2.75, 3.05) is 6.54 Å². The number of halogens is 1. The Kier molecular flexibility index (Phi) is 5.56. The number of carbonyl (C=O) groups excluding carboxylic acids is 1. The molecule has 0 spiro atoms. The Morgan fingerprint density at radius 2 is 2.12 bits per heavy atom. The Bertz CT molecular complexity index is 784. The van der Waals surface area contributed by atoms with E-state index in [9.17, 15) is 9.18 Å². The summed E-state index contributed by atoms with van der Waals surface area (Å²) in [4.78, 5) is 15.0. The van der Waals surface area contributed by atoms with E-state index in [1.807, 2.05) is 19.1 Å². The first kappa shape index (κ1) is 18.8. The lowest BCUT2D eigenvalue weighted by Gasteiger charge is -2.31. The van der Waals surface area contributed by atoms with E-state index in [4.69, 9.17) is 4.52 Å². The molecule has 5 heteroatoms. The highest BCUT2D eigenvalue weighted by Crippen LogP contribution is 2.41. The van der Waals surface area contributed by atoms with E-state index < -0.39 is 0 Å². The van der Waals surface area contributed by atoms with Crippen molar-refractivity contribution in [3.05, 3.63) is 52.7 Å². The van der Waals surface area contributed by atoms with Crippen LogP contribution in [0.25, 0.3) is 0 Å². The third-order valence-corrected chi connectivity index (χ3v) is 5.31. The zero-order valence-electron chi connectivity index (χ0n) is 16.0. The van der Waals surface area contributed by atoms with Crippen LogP contribution in [0.5, 0.6) is 0 Å². The van der Waals surface area contributed by atoms with Crippen LogP contribution >= 0.6 is 0 Å². The molecule has 2 heterocycles. The Hall–Kier alpha value is -2.01. The average Bonchev–Trinajstić information content (AvgIpc) is 3.16. The molecule has 140 valence electrons. The van der Waals surface area contributed by atoms with Crippen molar-refractivity contribution in [1.29, 1.82) is 0 Å². The lowest BCUT2D eigenvalue weighted by Crippen LogP contribution is -2.32. The molecule has 0 saturated carbocycles. The molecule has 1 saturated heterocycles. The van der Waals surface area contributed by atoms with Gasteiger partial charge in [0.25, 0.3) is 0 Å². The van der Waals surface area contributed by atoms with Crippen LogP contribution in [-0.2, 0) is 11.2 Å². The molecule has 1 aromatic heterocycles. The number of nitrogens with zero attached hydrogens (tertiary/aromatic N) is 2. The number of rotatable bonds is 6. The van der Waals surface area contributed by atoms with Crippen LogP contribution in [-0.4, -0.2) is 28.4 Å². The lowest BCUT2D eigenvalue weighted by molar-refractivity contribution is -0.119. The van der Waals surface area contributed by atoms with Gasteiger partial charge in [-0.25, -0.2) is 4.39 Å².